The number of carbonyl (C=O) groups excluding carboxylic acids is 2. The quantitative estimate of drug-likeness (QED) is 0.739. The van der Waals surface area contributed by atoms with Gasteiger partial charge in [0, 0.05) is 18.5 Å². The van der Waals surface area contributed by atoms with Gasteiger partial charge in [-0.25, -0.2) is 10.2 Å². The fourth-order valence-electron chi connectivity index (χ4n) is 1.57. The summed E-state index contributed by atoms with van der Waals surface area (Å²) in [6.45, 7) is 0. The zero-order valence-electron chi connectivity index (χ0n) is 9.84. The first-order valence-corrected chi connectivity index (χ1v) is 5.56. The second-order valence-corrected chi connectivity index (χ2v) is 3.93. The number of amides is 2. The molecule has 0 spiro atoms. The average Bonchev–Trinajstić information content (AvgIpc) is 2.39. The Labute approximate surface area is 108 Å². The van der Waals surface area contributed by atoms with Crippen LogP contribution in [-0.2, 0) is 9.59 Å². The summed E-state index contributed by atoms with van der Waals surface area (Å²) in [5, 5.41) is 15.0. The maximum absolute atomic E-state index is 11.8. The first-order valence-electron chi connectivity index (χ1n) is 5.56. The Kier molecular flexibility index (Phi) is 3.56. The van der Waals surface area contributed by atoms with E-state index in [9.17, 15) is 14.4 Å². The summed E-state index contributed by atoms with van der Waals surface area (Å²) in [5.74, 6) is -1.76. The molecule has 0 aromatic heterocycles. The van der Waals surface area contributed by atoms with Crippen LogP contribution in [0.1, 0.15) is 23.2 Å². The van der Waals surface area contributed by atoms with Gasteiger partial charge in [0.15, 0.2) is 0 Å². The molecule has 1 aromatic carbocycles. The minimum absolute atomic E-state index is 0.0803. The largest absolute Gasteiger partial charge is 0.478 e. The lowest BCUT2D eigenvalue weighted by molar-refractivity contribution is -0.121. The number of nitrogens with zero attached hydrogens (tertiary/aromatic N) is 1. The van der Waals surface area contributed by atoms with E-state index in [1.807, 2.05) is 0 Å². The fourth-order valence-corrected chi connectivity index (χ4v) is 1.57. The van der Waals surface area contributed by atoms with Gasteiger partial charge in [0.05, 0.1) is 5.56 Å². The Bertz CT molecular complexity index is 580. The minimum Gasteiger partial charge on any atom is -0.478 e. The van der Waals surface area contributed by atoms with Gasteiger partial charge in [-0.1, -0.05) is 6.07 Å². The summed E-state index contributed by atoms with van der Waals surface area (Å²) >= 11 is 0. The van der Waals surface area contributed by atoms with E-state index >= 15 is 0 Å². The molecule has 2 rings (SSSR count). The summed E-state index contributed by atoms with van der Waals surface area (Å²) in [7, 11) is 0. The molecule has 0 atom stereocenters. The smallest absolute Gasteiger partial charge is 0.335 e. The van der Waals surface area contributed by atoms with Crippen LogP contribution in [0.2, 0.25) is 0 Å². The lowest BCUT2D eigenvalue weighted by Gasteiger charge is -2.12. The van der Waals surface area contributed by atoms with Gasteiger partial charge in [-0.05, 0) is 18.2 Å². The lowest BCUT2D eigenvalue weighted by Crippen LogP contribution is -2.32. The van der Waals surface area contributed by atoms with Gasteiger partial charge >= 0.3 is 5.97 Å². The fraction of sp³-hybridized carbons (Fsp3) is 0.167. The highest BCUT2D eigenvalue weighted by Crippen LogP contribution is 2.11. The predicted molar refractivity (Wildman–Crippen MR) is 66.8 cm³/mol. The average molecular weight is 261 g/mol. The van der Waals surface area contributed by atoms with Gasteiger partial charge in [-0.2, -0.15) is 5.10 Å². The molecule has 1 heterocycles. The van der Waals surface area contributed by atoms with Gasteiger partial charge in [0.2, 0.25) is 5.91 Å². The third-order valence-corrected chi connectivity index (χ3v) is 2.53. The van der Waals surface area contributed by atoms with Crippen LogP contribution >= 0.6 is 0 Å². The van der Waals surface area contributed by atoms with Crippen molar-refractivity contribution in [1.82, 2.24) is 5.43 Å². The topological polar surface area (TPSA) is 108 Å². The van der Waals surface area contributed by atoms with Gasteiger partial charge in [-0.15, -0.1) is 0 Å². The van der Waals surface area contributed by atoms with Crippen LogP contribution in [0.5, 0.6) is 0 Å². The first-order chi connectivity index (χ1) is 9.06. The van der Waals surface area contributed by atoms with Gasteiger partial charge in [-0.3, -0.25) is 9.59 Å². The van der Waals surface area contributed by atoms with Crippen LogP contribution in [0.3, 0.4) is 0 Å². The molecule has 0 bridgehead atoms. The SMILES string of the molecule is O=C1CCC(C(=O)Nc2cccc(C(=O)O)c2)=NN1. The van der Waals surface area contributed by atoms with Crippen LogP contribution in [0.15, 0.2) is 29.4 Å². The Balaban J connectivity index is 2.09. The lowest BCUT2D eigenvalue weighted by atomic mass is 10.1. The molecule has 7 nitrogen and oxygen atoms in total. The predicted octanol–water partition coefficient (Wildman–Crippen LogP) is 0.589. The zero-order valence-corrected chi connectivity index (χ0v) is 9.84. The van der Waals surface area contributed by atoms with Crippen LogP contribution in [0.4, 0.5) is 5.69 Å². The normalized spacial score (nSPS) is 14.3. The summed E-state index contributed by atoms with van der Waals surface area (Å²) in [6, 6.07) is 5.88. The number of carboxylic acids is 1. The van der Waals surface area contributed by atoms with Crippen molar-refractivity contribution in [3.05, 3.63) is 29.8 Å². The van der Waals surface area contributed by atoms with Crippen LogP contribution in [0.25, 0.3) is 0 Å². The van der Waals surface area contributed by atoms with E-state index in [-0.39, 0.29) is 30.0 Å². The Morgan fingerprint density at radius 2 is 2.11 bits per heavy atom. The summed E-state index contributed by atoms with van der Waals surface area (Å²) in [6.07, 6.45) is 0.470. The summed E-state index contributed by atoms with van der Waals surface area (Å²) < 4.78 is 0. The van der Waals surface area contributed by atoms with E-state index in [0.717, 1.165) is 0 Å². The molecule has 7 heteroatoms. The van der Waals surface area contributed by atoms with Crippen molar-refractivity contribution >= 4 is 29.2 Å². The molecule has 19 heavy (non-hydrogen) atoms. The van der Waals surface area contributed by atoms with Crippen LogP contribution < -0.4 is 10.7 Å². The number of aromatic carboxylic acids is 1. The number of anilines is 1. The zero-order chi connectivity index (χ0) is 13.8. The molecule has 1 aliphatic heterocycles. The number of carboxylic acid groups (broad SMARTS) is 1. The molecule has 1 aliphatic rings. The standard InChI is InChI=1S/C12H11N3O4/c16-10-5-4-9(14-15-10)11(17)13-8-3-1-2-7(6-8)12(18)19/h1-3,6H,4-5H2,(H,13,17)(H,15,16)(H,18,19). The Morgan fingerprint density at radius 1 is 1.32 bits per heavy atom. The third kappa shape index (κ3) is 3.15. The van der Waals surface area contributed by atoms with Crippen molar-refractivity contribution in [2.45, 2.75) is 12.8 Å². The van der Waals surface area contributed by atoms with Gasteiger partial charge in [0.25, 0.3) is 5.91 Å². The molecule has 3 N–H and O–H groups in total. The van der Waals surface area contributed by atoms with E-state index in [2.05, 4.69) is 15.8 Å². The van der Waals surface area contributed by atoms with E-state index in [1.54, 1.807) is 6.07 Å². The van der Waals surface area contributed by atoms with Crippen molar-refractivity contribution in [3.63, 3.8) is 0 Å². The molecule has 0 saturated heterocycles. The highest BCUT2D eigenvalue weighted by atomic mass is 16.4. The highest BCUT2D eigenvalue weighted by Gasteiger charge is 2.18. The number of nitrogens with one attached hydrogen (secondary N) is 2. The molecular weight excluding hydrogens is 250 g/mol. The maximum atomic E-state index is 11.8. The van der Waals surface area contributed by atoms with Crippen molar-refractivity contribution in [2.24, 2.45) is 5.10 Å². The molecule has 0 fully saturated rings. The first kappa shape index (κ1) is 12.7. The Morgan fingerprint density at radius 3 is 2.74 bits per heavy atom. The van der Waals surface area contributed by atoms with Gasteiger partial charge in [0.1, 0.15) is 5.71 Å². The molecule has 2 amide bonds. The molecule has 0 radical (unpaired) electrons. The minimum atomic E-state index is -1.07. The number of hydrogen-bond donors (Lipinski definition) is 3. The number of benzene rings is 1. The Hall–Kier alpha value is -2.70. The molecule has 0 saturated carbocycles. The monoisotopic (exact) mass is 261 g/mol. The molecule has 0 unspecified atom stereocenters. The number of rotatable bonds is 3. The number of hydrogen-bond acceptors (Lipinski definition) is 4. The van der Waals surface area contributed by atoms with Crippen LogP contribution in [-0.4, -0.2) is 28.6 Å². The van der Waals surface area contributed by atoms with Crippen molar-refractivity contribution < 1.29 is 19.5 Å². The van der Waals surface area contributed by atoms with E-state index in [4.69, 9.17) is 5.11 Å². The van der Waals surface area contributed by atoms with E-state index in [1.165, 1.54) is 18.2 Å². The van der Waals surface area contributed by atoms with E-state index < -0.39 is 11.9 Å². The van der Waals surface area contributed by atoms with Crippen molar-refractivity contribution in [1.29, 1.82) is 0 Å². The van der Waals surface area contributed by atoms with Crippen molar-refractivity contribution in [2.75, 3.05) is 5.32 Å². The van der Waals surface area contributed by atoms with Gasteiger partial charge < -0.3 is 10.4 Å². The molecule has 1 aromatic rings. The molecule has 98 valence electrons. The third-order valence-electron chi connectivity index (χ3n) is 2.53. The van der Waals surface area contributed by atoms with Crippen molar-refractivity contribution in [3.8, 4) is 0 Å². The van der Waals surface area contributed by atoms with E-state index in [0.29, 0.717) is 5.69 Å². The second-order valence-electron chi connectivity index (χ2n) is 3.93. The number of hydrazone groups is 1. The summed E-state index contributed by atoms with van der Waals surface area (Å²) in [5.41, 5.74) is 2.88. The van der Waals surface area contributed by atoms with Crippen LogP contribution in [0, 0.1) is 0 Å². The maximum Gasteiger partial charge on any atom is 0.335 e. The highest BCUT2D eigenvalue weighted by molar-refractivity contribution is 6.43. The number of carbonyl (C=O) groups is 3. The second kappa shape index (κ2) is 5.30. The molecule has 0 aliphatic carbocycles. The molecular formula is C12H11N3O4. The summed E-state index contributed by atoms with van der Waals surface area (Å²) in [4.78, 5) is 33.5.